The maximum Gasteiger partial charge on any atom is 0.345 e. The van der Waals surface area contributed by atoms with Crippen molar-refractivity contribution in [3.8, 4) is 0 Å². The highest BCUT2D eigenvalue weighted by Crippen LogP contribution is 2.30. The van der Waals surface area contributed by atoms with Crippen molar-refractivity contribution in [1.82, 2.24) is 20.8 Å². The van der Waals surface area contributed by atoms with Crippen LogP contribution in [0.4, 0.5) is 4.79 Å². The van der Waals surface area contributed by atoms with Crippen molar-refractivity contribution in [2.45, 2.75) is 44.3 Å². The first-order valence-electron chi connectivity index (χ1n) is 8.63. The van der Waals surface area contributed by atoms with Crippen LogP contribution in [0.1, 0.15) is 26.2 Å². The number of carbonyl (C=O) groups is 3. The van der Waals surface area contributed by atoms with Crippen LogP contribution in [-0.2, 0) is 24.0 Å². The molecule has 0 aromatic carbocycles. The first-order valence-corrected chi connectivity index (χ1v) is 8.63. The summed E-state index contributed by atoms with van der Waals surface area (Å²) in [5, 5.41) is 4.35. The number of urea groups is 1. The van der Waals surface area contributed by atoms with Gasteiger partial charge in [-0.05, 0) is 32.7 Å². The number of hydroxylamine groups is 3. The number of rotatable bonds is 8. The van der Waals surface area contributed by atoms with E-state index in [9.17, 15) is 14.4 Å². The van der Waals surface area contributed by atoms with Crippen LogP contribution in [0.2, 0.25) is 0 Å². The first kappa shape index (κ1) is 17.9. The maximum absolute atomic E-state index is 12.5. The number of nitrogens with one attached hydrogen (secondary N) is 2. The van der Waals surface area contributed by atoms with E-state index in [0.29, 0.717) is 26.0 Å². The van der Waals surface area contributed by atoms with Gasteiger partial charge in [0.05, 0.1) is 19.3 Å². The normalized spacial score (nSPS) is 27.9. The second kappa shape index (κ2) is 7.98. The SMILES string of the molecule is CCOC(=O)CON1C(=O)N2C[C@H]1CC[C@@H]2C(=O)NOC[C@H]1CCN1. The Hall–Kier alpha value is -1.91. The molecule has 10 nitrogen and oxygen atoms in total. The summed E-state index contributed by atoms with van der Waals surface area (Å²) < 4.78 is 4.78. The van der Waals surface area contributed by atoms with Gasteiger partial charge in [-0.1, -0.05) is 0 Å². The molecule has 3 amide bonds. The first-order chi connectivity index (χ1) is 12.1. The Bertz CT molecular complexity index is 526. The van der Waals surface area contributed by atoms with Gasteiger partial charge in [-0.2, -0.15) is 5.06 Å². The lowest BCUT2D eigenvalue weighted by Gasteiger charge is -2.30. The molecule has 2 N–H and O–H groups in total. The molecule has 3 fully saturated rings. The van der Waals surface area contributed by atoms with Gasteiger partial charge in [0.15, 0.2) is 6.61 Å². The van der Waals surface area contributed by atoms with Crippen molar-refractivity contribution >= 4 is 17.9 Å². The van der Waals surface area contributed by atoms with Crippen LogP contribution in [0.25, 0.3) is 0 Å². The van der Waals surface area contributed by atoms with Crippen LogP contribution in [0.5, 0.6) is 0 Å². The molecule has 0 aromatic heterocycles. The topological polar surface area (TPSA) is 109 Å². The van der Waals surface area contributed by atoms with Crippen LogP contribution in [0.15, 0.2) is 0 Å². The molecule has 0 unspecified atom stereocenters. The number of hydrogen-bond donors (Lipinski definition) is 2. The summed E-state index contributed by atoms with van der Waals surface area (Å²) in [5.74, 6) is -0.864. The van der Waals surface area contributed by atoms with E-state index in [-0.39, 0.29) is 31.2 Å². The van der Waals surface area contributed by atoms with E-state index in [1.807, 2.05) is 0 Å². The largest absolute Gasteiger partial charge is 0.464 e. The van der Waals surface area contributed by atoms with Gasteiger partial charge < -0.3 is 15.0 Å². The molecule has 3 aliphatic heterocycles. The molecule has 0 spiro atoms. The number of piperidine rings is 1. The summed E-state index contributed by atoms with van der Waals surface area (Å²) >= 11 is 0. The zero-order valence-electron chi connectivity index (χ0n) is 14.2. The highest BCUT2D eigenvalue weighted by molar-refractivity contribution is 5.88. The lowest BCUT2D eigenvalue weighted by molar-refractivity contribution is -0.172. The number of hydrogen-bond acceptors (Lipinski definition) is 7. The molecule has 0 aromatic rings. The highest BCUT2D eigenvalue weighted by atomic mass is 16.7. The van der Waals surface area contributed by atoms with Crippen LogP contribution >= 0.6 is 0 Å². The smallest absolute Gasteiger partial charge is 0.345 e. The molecular weight excluding hydrogens is 332 g/mol. The average Bonchev–Trinajstić information content (AvgIpc) is 2.79. The minimum absolute atomic E-state index is 0.161. The molecule has 10 heteroatoms. The van der Waals surface area contributed by atoms with E-state index in [1.165, 1.54) is 9.96 Å². The summed E-state index contributed by atoms with van der Waals surface area (Å²) in [5.41, 5.74) is 2.43. The van der Waals surface area contributed by atoms with Gasteiger partial charge in [0, 0.05) is 12.6 Å². The molecule has 3 rings (SSSR count). The Labute approximate surface area is 145 Å². The van der Waals surface area contributed by atoms with Gasteiger partial charge in [-0.3, -0.25) is 14.5 Å². The number of esters is 1. The van der Waals surface area contributed by atoms with E-state index < -0.39 is 18.0 Å². The Morgan fingerprint density at radius 1 is 1.32 bits per heavy atom. The molecule has 3 heterocycles. The molecule has 0 radical (unpaired) electrons. The summed E-state index contributed by atoms with van der Waals surface area (Å²) in [6, 6.07) is -0.885. The average molecular weight is 356 g/mol. The summed E-state index contributed by atoms with van der Waals surface area (Å²) in [6.45, 7) is 3.40. The van der Waals surface area contributed by atoms with Gasteiger partial charge in [0.1, 0.15) is 6.04 Å². The minimum Gasteiger partial charge on any atom is -0.464 e. The summed E-state index contributed by atoms with van der Waals surface area (Å²) in [7, 11) is 0. The third-order valence-electron chi connectivity index (χ3n) is 4.64. The van der Waals surface area contributed by atoms with Crippen molar-refractivity contribution in [2.75, 3.05) is 32.9 Å². The minimum atomic E-state index is -0.589. The standard InChI is InChI=1S/C15H24N4O6/c1-2-23-13(20)9-25-19-11-3-4-12(18(7-11)15(19)22)14(21)17-24-8-10-5-6-16-10/h10-12,16H,2-9H2,1H3,(H,17,21)/t10-,11-,12-/m1/s1. The van der Waals surface area contributed by atoms with Crippen molar-refractivity contribution < 1.29 is 28.8 Å². The number of nitrogens with zero attached hydrogens (tertiary/aromatic N) is 2. The Morgan fingerprint density at radius 2 is 2.12 bits per heavy atom. The molecule has 0 saturated carbocycles. The zero-order chi connectivity index (χ0) is 17.8. The highest BCUT2D eigenvalue weighted by Gasteiger charge is 2.48. The van der Waals surface area contributed by atoms with E-state index in [2.05, 4.69) is 10.8 Å². The summed E-state index contributed by atoms with van der Waals surface area (Å²) in [4.78, 5) is 48.1. The molecule has 2 bridgehead atoms. The van der Waals surface area contributed by atoms with Crippen molar-refractivity contribution in [1.29, 1.82) is 0 Å². The Morgan fingerprint density at radius 3 is 2.80 bits per heavy atom. The predicted molar refractivity (Wildman–Crippen MR) is 83.8 cm³/mol. The predicted octanol–water partition coefficient (Wildman–Crippen LogP) is -0.841. The molecule has 140 valence electrons. The molecule has 3 atom stereocenters. The molecular formula is C15H24N4O6. The fourth-order valence-electron chi connectivity index (χ4n) is 3.17. The molecule has 3 saturated heterocycles. The summed E-state index contributed by atoms with van der Waals surface area (Å²) in [6.07, 6.45) is 2.16. The zero-order valence-corrected chi connectivity index (χ0v) is 14.2. The van der Waals surface area contributed by atoms with E-state index in [0.717, 1.165) is 13.0 Å². The second-order valence-corrected chi connectivity index (χ2v) is 6.30. The van der Waals surface area contributed by atoms with Gasteiger partial charge in [0.2, 0.25) is 0 Å². The van der Waals surface area contributed by atoms with Crippen LogP contribution in [0.3, 0.4) is 0 Å². The lowest BCUT2D eigenvalue weighted by Crippen LogP contribution is -2.51. The quantitative estimate of drug-likeness (QED) is 0.431. The van der Waals surface area contributed by atoms with Gasteiger partial charge >= 0.3 is 12.0 Å². The Kier molecular flexibility index (Phi) is 5.71. The number of ether oxygens (including phenoxy) is 1. The third-order valence-corrected chi connectivity index (χ3v) is 4.64. The van der Waals surface area contributed by atoms with E-state index in [4.69, 9.17) is 14.4 Å². The molecule has 25 heavy (non-hydrogen) atoms. The van der Waals surface area contributed by atoms with E-state index >= 15 is 0 Å². The van der Waals surface area contributed by atoms with Gasteiger partial charge in [0.25, 0.3) is 5.91 Å². The van der Waals surface area contributed by atoms with Gasteiger partial charge in [-0.15, -0.1) is 0 Å². The Balaban J connectivity index is 1.48. The van der Waals surface area contributed by atoms with Crippen molar-refractivity contribution in [3.63, 3.8) is 0 Å². The second-order valence-electron chi connectivity index (χ2n) is 6.30. The van der Waals surface area contributed by atoms with Gasteiger partial charge in [-0.25, -0.2) is 15.1 Å². The maximum atomic E-state index is 12.5. The lowest BCUT2D eigenvalue weighted by atomic mass is 10.0. The molecule has 0 aliphatic carbocycles. The third kappa shape index (κ3) is 4.02. The fourth-order valence-corrected chi connectivity index (χ4v) is 3.17. The van der Waals surface area contributed by atoms with E-state index in [1.54, 1.807) is 6.92 Å². The number of carbonyl (C=O) groups excluding carboxylic acids is 3. The van der Waals surface area contributed by atoms with Crippen molar-refractivity contribution in [2.24, 2.45) is 0 Å². The van der Waals surface area contributed by atoms with Crippen molar-refractivity contribution in [3.05, 3.63) is 0 Å². The monoisotopic (exact) mass is 356 g/mol. The number of amides is 3. The van der Waals surface area contributed by atoms with Crippen LogP contribution in [-0.4, -0.2) is 78.9 Å². The van der Waals surface area contributed by atoms with Crippen LogP contribution < -0.4 is 10.8 Å². The number of fused-ring (bicyclic) bond motifs is 2. The molecule has 3 aliphatic rings. The fraction of sp³-hybridized carbons (Fsp3) is 0.800. The van der Waals surface area contributed by atoms with Crippen LogP contribution in [0, 0.1) is 0 Å².